The molecule has 0 bridgehead atoms. The van der Waals surface area contributed by atoms with Gasteiger partial charge in [0.05, 0.1) is 0 Å². The molecular weight excluding hydrogens is 138 g/mol. The van der Waals surface area contributed by atoms with E-state index in [9.17, 15) is 0 Å². The van der Waals surface area contributed by atoms with Crippen LogP contribution in [0.5, 0.6) is 0 Å². The first kappa shape index (κ1) is 10.6. The van der Waals surface area contributed by atoms with E-state index in [1.165, 1.54) is 5.71 Å². The van der Waals surface area contributed by atoms with E-state index in [4.69, 9.17) is 4.74 Å². The molecule has 2 heteroatoms. The van der Waals surface area contributed by atoms with Crippen LogP contribution < -0.4 is 0 Å². The van der Waals surface area contributed by atoms with E-state index < -0.39 is 0 Å². The molecular formula is C9H19NO. The molecule has 0 aromatic carbocycles. The summed E-state index contributed by atoms with van der Waals surface area (Å²) in [5.41, 5.74) is 1.41. The first-order chi connectivity index (χ1) is 5.02. The number of methoxy groups -OCH3 is 1. The Hall–Kier alpha value is -0.370. The summed E-state index contributed by atoms with van der Waals surface area (Å²) < 4.78 is 4.88. The third-order valence-electron chi connectivity index (χ3n) is 1.59. The Morgan fingerprint density at radius 2 is 1.91 bits per heavy atom. The van der Waals surface area contributed by atoms with Crippen molar-refractivity contribution in [3.8, 4) is 0 Å². The first-order valence-corrected chi connectivity index (χ1v) is 4.05. The van der Waals surface area contributed by atoms with Crippen molar-refractivity contribution in [1.29, 1.82) is 0 Å². The highest BCUT2D eigenvalue weighted by Crippen LogP contribution is 2.18. The van der Waals surface area contributed by atoms with Gasteiger partial charge in [-0.2, -0.15) is 0 Å². The lowest BCUT2D eigenvalue weighted by molar-refractivity contribution is 0.208. The zero-order valence-electron chi connectivity index (χ0n) is 8.27. The Bertz CT molecular complexity index is 133. The van der Waals surface area contributed by atoms with Gasteiger partial charge in [0, 0.05) is 12.8 Å². The monoisotopic (exact) mass is 157 g/mol. The van der Waals surface area contributed by atoms with Gasteiger partial charge in [-0.1, -0.05) is 27.7 Å². The largest absolute Gasteiger partial charge is 0.363 e. The average molecular weight is 157 g/mol. The minimum atomic E-state index is 0.188. The van der Waals surface area contributed by atoms with E-state index in [-0.39, 0.29) is 5.41 Å². The normalized spacial score (nSPS) is 13.7. The smallest absolute Gasteiger partial charge is 0.136 e. The predicted octanol–water partition coefficient (Wildman–Crippen LogP) is 2.49. The quantitative estimate of drug-likeness (QED) is 0.577. The van der Waals surface area contributed by atoms with Gasteiger partial charge in [-0.05, 0) is 11.8 Å². The second-order valence-electron chi connectivity index (χ2n) is 3.63. The third-order valence-corrected chi connectivity index (χ3v) is 1.59. The van der Waals surface area contributed by atoms with Gasteiger partial charge >= 0.3 is 0 Å². The molecule has 11 heavy (non-hydrogen) atoms. The van der Waals surface area contributed by atoms with Crippen molar-refractivity contribution in [2.75, 3.05) is 13.8 Å². The molecule has 0 heterocycles. The first-order valence-electron chi connectivity index (χ1n) is 4.05. The highest BCUT2D eigenvalue weighted by Gasteiger charge is 2.16. The molecule has 0 N–H and O–H groups in total. The summed E-state index contributed by atoms with van der Waals surface area (Å²) in [7, 11) is 1.67. The molecule has 0 spiro atoms. The van der Waals surface area contributed by atoms with Crippen LogP contribution in [0.2, 0.25) is 0 Å². The van der Waals surface area contributed by atoms with Crippen molar-refractivity contribution in [1.82, 2.24) is 0 Å². The fourth-order valence-electron chi connectivity index (χ4n) is 1.02. The van der Waals surface area contributed by atoms with Crippen LogP contribution >= 0.6 is 0 Å². The van der Waals surface area contributed by atoms with Crippen molar-refractivity contribution in [3.05, 3.63) is 0 Å². The van der Waals surface area contributed by atoms with Crippen LogP contribution in [0.15, 0.2) is 4.99 Å². The van der Waals surface area contributed by atoms with E-state index in [2.05, 4.69) is 32.7 Å². The molecule has 0 saturated heterocycles. The van der Waals surface area contributed by atoms with Crippen molar-refractivity contribution in [2.45, 2.75) is 34.1 Å². The van der Waals surface area contributed by atoms with Crippen LogP contribution in [0.25, 0.3) is 0 Å². The zero-order valence-corrected chi connectivity index (χ0v) is 8.27. The number of nitrogens with zero attached hydrogens (tertiary/aromatic N) is 1. The van der Waals surface area contributed by atoms with Crippen molar-refractivity contribution in [3.63, 3.8) is 0 Å². The maximum Gasteiger partial charge on any atom is 0.136 e. The summed E-state index contributed by atoms with van der Waals surface area (Å²) in [5.74, 6) is 0. The maximum atomic E-state index is 4.88. The lowest BCUT2D eigenvalue weighted by Gasteiger charge is -2.20. The Labute approximate surface area is 69.7 Å². The van der Waals surface area contributed by atoms with Crippen molar-refractivity contribution in [2.24, 2.45) is 10.4 Å². The van der Waals surface area contributed by atoms with Gasteiger partial charge in [0.1, 0.15) is 6.73 Å². The van der Waals surface area contributed by atoms with Gasteiger partial charge in [0.15, 0.2) is 0 Å². The van der Waals surface area contributed by atoms with Crippen LogP contribution in [-0.4, -0.2) is 19.6 Å². The van der Waals surface area contributed by atoms with E-state index >= 15 is 0 Å². The fourth-order valence-corrected chi connectivity index (χ4v) is 1.02. The molecule has 0 radical (unpaired) electrons. The Morgan fingerprint density at radius 3 is 2.18 bits per heavy atom. The van der Waals surface area contributed by atoms with E-state index in [1.54, 1.807) is 7.11 Å². The summed E-state index contributed by atoms with van der Waals surface area (Å²) in [5, 5.41) is 0. The van der Waals surface area contributed by atoms with Gasteiger partial charge < -0.3 is 4.74 Å². The van der Waals surface area contributed by atoms with Crippen LogP contribution in [0.1, 0.15) is 34.1 Å². The Kier molecular flexibility index (Phi) is 4.34. The lowest BCUT2D eigenvalue weighted by atomic mass is 9.88. The maximum absolute atomic E-state index is 4.88. The molecule has 0 aromatic rings. The van der Waals surface area contributed by atoms with E-state index in [0.717, 1.165) is 6.42 Å². The number of hydrogen-bond donors (Lipinski definition) is 0. The summed E-state index contributed by atoms with van der Waals surface area (Å²) in [6.07, 6.45) is 1.01. The predicted molar refractivity (Wildman–Crippen MR) is 49.1 cm³/mol. The minimum absolute atomic E-state index is 0.188. The molecule has 66 valence electrons. The second kappa shape index (κ2) is 4.50. The molecule has 0 amide bonds. The molecule has 0 atom stereocenters. The third kappa shape index (κ3) is 4.14. The molecule has 0 saturated carbocycles. The summed E-state index contributed by atoms with van der Waals surface area (Å²) in [6, 6.07) is 0. The summed E-state index contributed by atoms with van der Waals surface area (Å²) in [4.78, 5) is 4.33. The van der Waals surface area contributed by atoms with Gasteiger partial charge in [-0.25, -0.2) is 0 Å². The van der Waals surface area contributed by atoms with Gasteiger partial charge in [-0.3, -0.25) is 4.99 Å². The van der Waals surface area contributed by atoms with Crippen molar-refractivity contribution >= 4 is 5.71 Å². The number of hydrogen-bond acceptors (Lipinski definition) is 2. The van der Waals surface area contributed by atoms with Crippen LogP contribution in [0.4, 0.5) is 0 Å². The zero-order chi connectivity index (χ0) is 8.91. The molecule has 0 aromatic heterocycles. The summed E-state index contributed by atoms with van der Waals surface area (Å²) >= 11 is 0. The molecule has 0 aliphatic carbocycles. The average Bonchev–Trinajstić information content (AvgIpc) is 1.87. The van der Waals surface area contributed by atoms with E-state index in [1.807, 2.05) is 0 Å². The SMILES string of the molecule is CC/C(=N/COC)C(C)(C)C. The van der Waals surface area contributed by atoms with Crippen molar-refractivity contribution < 1.29 is 4.74 Å². The van der Waals surface area contributed by atoms with Crippen LogP contribution in [0, 0.1) is 5.41 Å². The second-order valence-corrected chi connectivity index (χ2v) is 3.63. The molecule has 0 rings (SSSR count). The Morgan fingerprint density at radius 1 is 1.36 bits per heavy atom. The van der Waals surface area contributed by atoms with Gasteiger partial charge in [0.25, 0.3) is 0 Å². The topological polar surface area (TPSA) is 21.6 Å². The minimum Gasteiger partial charge on any atom is -0.363 e. The Balaban J connectivity index is 4.16. The standard InChI is InChI=1S/C9H19NO/c1-6-8(9(2,3)4)10-7-11-5/h6-7H2,1-5H3/b10-8-. The molecule has 0 unspecified atom stereocenters. The highest BCUT2D eigenvalue weighted by atomic mass is 16.5. The number of aliphatic imine (C=N–C) groups is 1. The lowest BCUT2D eigenvalue weighted by Crippen LogP contribution is -2.20. The van der Waals surface area contributed by atoms with Crippen LogP contribution in [0.3, 0.4) is 0 Å². The number of ether oxygens (including phenoxy) is 1. The van der Waals surface area contributed by atoms with E-state index in [0.29, 0.717) is 6.73 Å². The highest BCUT2D eigenvalue weighted by molar-refractivity contribution is 5.88. The molecule has 0 aliphatic heterocycles. The van der Waals surface area contributed by atoms with Gasteiger partial charge in [0.2, 0.25) is 0 Å². The van der Waals surface area contributed by atoms with Crippen LogP contribution in [-0.2, 0) is 4.74 Å². The summed E-state index contributed by atoms with van der Waals surface area (Å²) in [6.45, 7) is 9.13. The molecule has 0 aliphatic rings. The fraction of sp³-hybridized carbons (Fsp3) is 0.889. The molecule has 0 fully saturated rings. The number of rotatable bonds is 3. The van der Waals surface area contributed by atoms with Gasteiger partial charge in [-0.15, -0.1) is 0 Å². The molecule has 2 nitrogen and oxygen atoms in total.